The molecule has 0 aliphatic heterocycles. The smallest absolute Gasteiger partial charge is 0.353 e. The molecule has 2 rings (SSSR count). The van der Waals surface area contributed by atoms with Gasteiger partial charge in [-0.3, -0.25) is 5.43 Å². The van der Waals surface area contributed by atoms with Crippen LogP contribution in [0, 0.1) is 0 Å². The SMILES string of the molecule is COC(=O)/C(C)=N\Nc1ncnc2ccccc12. The van der Waals surface area contributed by atoms with Crippen molar-refractivity contribution < 1.29 is 9.53 Å². The zero-order valence-electron chi connectivity index (χ0n) is 10.0. The molecule has 1 aromatic heterocycles. The molecule has 0 aliphatic rings. The minimum atomic E-state index is -0.485. The first-order chi connectivity index (χ1) is 8.72. The van der Waals surface area contributed by atoms with E-state index >= 15 is 0 Å². The van der Waals surface area contributed by atoms with Crippen LogP contribution in [0.3, 0.4) is 0 Å². The first-order valence-corrected chi connectivity index (χ1v) is 5.30. The normalized spacial score (nSPS) is 11.3. The highest BCUT2D eigenvalue weighted by Crippen LogP contribution is 2.18. The van der Waals surface area contributed by atoms with Crippen LogP contribution in [0.15, 0.2) is 35.7 Å². The Morgan fingerprint density at radius 2 is 2.11 bits per heavy atom. The standard InChI is InChI=1S/C12H12N4O2/c1-8(12(17)18-2)15-16-11-9-5-3-4-6-10(9)13-7-14-11/h3-7H,1-2H3,(H,13,14,16)/b15-8-. The zero-order valence-corrected chi connectivity index (χ0v) is 10.0. The molecule has 1 heterocycles. The number of nitrogens with zero attached hydrogens (tertiary/aromatic N) is 3. The minimum absolute atomic E-state index is 0.222. The van der Waals surface area contributed by atoms with Gasteiger partial charge in [0, 0.05) is 5.39 Å². The van der Waals surface area contributed by atoms with Crippen LogP contribution < -0.4 is 5.43 Å². The fourth-order valence-electron chi connectivity index (χ4n) is 1.42. The third-order valence-electron chi connectivity index (χ3n) is 2.35. The first-order valence-electron chi connectivity index (χ1n) is 5.30. The molecule has 0 spiro atoms. The Bertz CT molecular complexity index is 605. The van der Waals surface area contributed by atoms with E-state index in [4.69, 9.17) is 0 Å². The highest BCUT2D eigenvalue weighted by molar-refractivity contribution is 6.35. The molecule has 0 saturated heterocycles. The summed E-state index contributed by atoms with van der Waals surface area (Å²) in [4.78, 5) is 19.4. The van der Waals surface area contributed by atoms with Crippen molar-refractivity contribution in [3.05, 3.63) is 30.6 Å². The monoisotopic (exact) mass is 244 g/mol. The number of hydrogen-bond donors (Lipinski definition) is 1. The lowest BCUT2D eigenvalue weighted by Gasteiger charge is -2.04. The predicted molar refractivity (Wildman–Crippen MR) is 68.3 cm³/mol. The number of para-hydroxylation sites is 1. The maximum atomic E-state index is 11.2. The topological polar surface area (TPSA) is 76.5 Å². The van der Waals surface area contributed by atoms with E-state index in [-0.39, 0.29) is 5.71 Å². The molecule has 0 saturated carbocycles. The molecule has 0 radical (unpaired) electrons. The van der Waals surface area contributed by atoms with Crippen molar-refractivity contribution in [1.29, 1.82) is 0 Å². The van der Waals surface area contributed by atoms with Gasteiger partial charge < -0.3 is 4.74 Å². The summed E-state index contributed by atoms with van der Waals surface area (Å²) in [6.07, 6.45) is 1.44. The molecule has 0 aliphatic carbocycles. The quantitative estimate of drug-likeness (QED) is 0.504. The number of esters is 1. The van der Waals surface area contributed by atoms with E-state index < -0.39 is 5.97 Å². The average Bonchev–Trinajstić information content (AvgIpc) is 2.43. The number of aromatic nitrogens is 2. The number of nitrogens with one attached hydrogen (secondary N) is 1. The number of rotatable bonds is 3. The maximum absolute atomic E-state index is 11.2. The number of carbonyl (C=O) groups is 1. The molecule has 0 amide bonds. The van der Waals surface area contributed by atoms with Crippen molar-refractivity contribution in [1.82, 2.24) is 9.97 Å². The maximum Gasteiger partial charge on any atom is 0.353 e. The van der Waals surface area contributed by atoms with Gasteiger partial charge in [0.1, 0.15) is 12.0 Å². The first kappa shape index (κ1) is 12.0. The lowest BCUT2D eigenvalue weighted by atomic mass is 10.2. The van der Waals surface area contributed by atoms with Crippen LogP contribution in [0.25, 0.3) is 10.9 Å². The van der Waals surface area contributed by atoms with Crippen molar-refractivity contribution in [3.63, 3.8) is 0 Å². The molecule has 6 nitrogen and oxygen atoms in total. The van der Waals surface area contributed by atoms with Crippen molar-refractivity contribution in [3.8, 4) is 0 Å². The Kier molecular flexibility index (Phi) is 3.47. The summed E-state index contributed by atoms with van der Waals surface area (Å²) in [5.41, 5.74) is 3.77. The number of ether oxygens (including phenoxy) is 1. The van der Waals surface area contributed by atoms with Gasteiger partial charge in [-0.25, -0.2) is 14.8 Å². The van der Waals surface area contributed by atoms with E-state index in [0.717, 1.165) is 10.9 Å². The number of hydrogen-bond acceptors (Lipinski definition) is 6. The second-order valence-electron chi connectivity index (χ2n) is 3.54. The molecule has 0 fully saturated rings. The molecular weight excluding hydrogens is 232 g/mol. The van der Waals surface area contributed by atoms with Crippen molar-refractivity contribution in [2.75, 3.05) is 12.5 Å². The molecule has 0 atom stereocenters. The Labute approximate surface area is 104 Å². The summed E-state index contributed by atoms with van der Waals surface area (Å²) < 4.78 is 4.55. The van der Waals surface area contributed by atoms with Gasteiger partial charge in [0.2, 0.25) is 0 Å². The second kappa shape index (κ2) is 5.22. The Hall–Kier alpha value is -2.50. The van der Waals surface area contributed by atoms with E-state index in [0.29, 0.717) is 5.82 Å². The van der Waals surface area contributed by atoms with E-state index in [2.05, 4.69) is 25.2 Å². The van der Waals surface area contributed by atoms with E-state index in [9.17, 15) is 4.79 Å². The van der Waals surface area contributed by atoms with Gasteiger partial charge in [-0.15, -0.1) is 0 Å². The molecule has 2 aromatic rings. The number of hydrazone groups is 1. The molecule has 1 N–H and O–H groups in total. The molecule has 92 valence electrons. The number of fused-ring (bicyclic) bond motifs is 1. The van der Waals surface area contributed by atoms with Crippen LogP contribution in [0.2, 0.25) is 0 Å². The molecule has 0 unspecified atom stereocenters. The largest absolute Gasteiger partial charge is 0.464 e. The van der Waals surface area contributed by atoms with Crippen LogP contribution in [0.5, 0.6) is 0 Å². The van der Waals surface area contributed by atoms with Gasteiger partial charge in [0.25, 0.3) is 0 Å². The van der Waals surface area contributed by atoms with Gasteiger partial charge in [-0.2, -0.15) is 5.10 Å². The molecular formula is C12H12N4O2. The predicted octanol–water partition coefficient (Wildman–Crippen LogP) is 1.59. The van der Waals surface area contributed by atoms with Crippen LogP contribution >= 0.6 is 0 Å². The minimum Gasteiger partial charge on any atom is -0.464 e. The highest BCUT2D eigenvalue weighted by atomic mass is 16.5. The van der Waals surface area contributed by atoms with Gasteiger partial charge in [-0.1, -0.05) is 12.1 Å². The van der Waals surface area contributed by atoms with Crippen molar-refractivity contribution in [2.45, 2.75) is 6.92 Å². The van der Waals surface area contributed by atoms with Crippen LogP contribution in [-0.4, -0.2) is 28.8 Å². The number of methoxy groups -OCH3 is 1. The summed E-state index contributed by atoms with van der Waals surface area (Å²) in [5.74, 6) is 0.0599. The molecule has 6 heteroatoms. The zero-order chi connectivity index (χ0) is 13.0. The summed E-state index contributed by atoms with van der Waals surface area (Å²) in [6, 6.07) is 7.52. The molecule has 1 aromatic carbocycles. The lowest BCUT2D eigenvalue weighted by molar-refractivity contribution is -0.132. The van der Waals surface area contributed by atoms with Crippen molar-refractivity contribution >= 4 is 28.4 Å². The molecule has 18 heavy (non-hydrogen) atoms. The van der Waals surface area contributed by atoms with Crippen LogP contribution in [0.1, 0.15) is 6.92 Å². The van der Waals surface area contributed by atoms with Gasteiger partial charge in [0.05, 0.1) is 12.6 Å². The van der Waals surface area contributed by atoms with E-state index in [1.54, 1.807) is 6.92 Å². The Morgan fingerprint density at radius 1 is 1.33 bits per heavy atom. The van der Waals surface area contributed by atoms with Crippen LogP contribution in [-0.2, 0) is 9.53 Å². The van der Waals surface area contributed by atoms with Gasteiger partial charge in [0.15, 0.2) is 5.82 Å². The van der Waals surface area contributed by atoms with Crippen LogP contribution in [0.4, 0.5) is 5.82 Å². The number of anilines is 1. The molecule has 0 bridgehead atoms. The lowest BCUT2D eigenvalue weighted by Crippen LogP contribution is -2.13. The fourth-order valence-corrected chi connectivity index (χ4v) is 1.42. The highest BCUT2D eigenvalue weighted by Gasteiger charge is 2.06. The Morgan fingerprint density at radius 3 is 2.89 bits per heavy atom. The number of carbonyl (C=O) groups excluding carboxylic acids is 1. The number of benzene rings is 1. The Balaban J connectivity index is 2.30. The fraction of sp³-hybridized carbons (Fsp3) is 0.167. The van der Waals surface area contributed by atoms with Gasteiger partial charge >= 0.3 is 5.97 Å². The second-order valence-corrected chi connectivity index (χ2v) is 3.54. The average molecular weight is 244 g/mol. The third-order valence-corrected chi connectivity index (χ3v) is 2.35. The van der Waals surface area contributed by atoms with E-state index in [1.165, 1.54) is 13.4 Å². The van der Waals surface area contributed by atoms with Crippen molar-refractivity contribution in [2.24, 2.45) is 5.10 Å². The summed E-state index contributed by atoms with van der Waals surface area (Å²) in [5, 5.41) is 4.75. The summed E-state index contributed by atoms with van der Waals surface area (Å²) >= 11 is 0. The van der Waals surface area contributed by atoms with E-state index in [1.807, 2.05) is 24.3 Å². The third kappa shape index (κ3) is 2.42. The van der Waals surface area contributed by atoms with Gasteiger partial charge in [-0.05, 0) is 19.1 Å². The summed E-state index contributed by atoms with van der Waals surface area (Å²) in [7, 11) is 1.31. The summed E-state index contributed by atoms with van der Waals surface area (Å²) in [6.45, 7) is 1.56.